The summed E-state index contributed by atoms with van der Waals surface area (Å²) < 4.78 is 53.8. The number of ether oxygens (including phenoxy) is 1. The number of Topliss-reactive ketones (excluding diaryl/α,β-unsaturated/α-hetero) is 1. The molecule has 0 bridgehead atoms. The van der Waals surface area contributed by atoms with Gasteiger partial charge in [0, 0.05) is 11.8 Å². The summed E-state index contributed by atoms with van der Waals surface area (Å²) in [6.45, 7) is 0. The van der Waals surface area contributed by atoms with Gasteiger partial charge in [-0.1, -0.05) is 28.1 Å². The van der Waals surface area contributed by atoms with Crippen molar-refractivity contribution in [3.8, 4) is 5.75 Å². The molecule has 1 aromatic carbocycles. The molecular weight excluding hydrogens is 332 g/mol. The number of carbonyl (C=O) groups is 1. The van der Waals surface area contributed by atoms with Crippen molar-refractivity contribution in [2.24, 2.45) is 0 Å². The van der Waals surface area contributed by atoms with E-state index in [9.17, 15) is 22.4 Å². The van der Waals surface area contributed by atoms with Crippen LogP contribution in [-0.2, 0) is 0 Å². The van der Waals surface area contributed by atoms with E-state index in [-0.39, 0.29) is 12.0 Å². The van der Waals surface area contributed by atoms with Crippen molar-refractivity contribution in [2.75, 3.05) is 5.33 Å². The lowest BCUT2D eigenvalue weighted by molar-refractivity contribution is -0.253. The third-order valence-corrected chi connectivity index (χ3v) is 2.79. The summed E-state index contributed by atoms with van der Waals surface area (Å²) in [5, 5.41) is 0.578. The minimum absolute atomic E-state index is 0.117. The predicted molar refractivity (Wildman–Crippen MR) is 65.4 cm³/mol. The van der Waals surface area contributed by atoms with Gasteiger partial charge in [-0.3, -0.25) is 4.79 Å². The molecule has 0 aliphatic heterocycles. The quantitative estimate of drug-likeness (QED) is 0.420. The number of benzene rings is 1. The molecule has 0 saturated heterocycles. The molecule has 1 rings (SSSR count). The van der Waals surface area contributed by atoms with Crippen molar-refractivity contribution in [1.29, 1.82) is 0 Å². The summed E-state index contributed by atoms with van der Waals surface area (Å²) in [4.78, 5) is 11.7. The molecule has 0 atom stereocenters. The standard InChI is InChI=1S/C12H11BrF4O2/c13-7-3-5-9(18)8-4-1-2-6-10(8)19-12(16,17)11(14)15/h1-2,4,6,11H,3,5,7H2. The summed E-state index contributed by atoms with van der Waals surface area (Å²) in [5.41, 5.74) is -0.122. The molecule has 0 saturated carbocycles. The molecule has 7 heteroatoms. The Bertz CT molecular complexity index is 437. The maximum Gasteiger partial charge on any atom is 0.461 e. The lowest BCUT2D eigenvalue weighted by atomic mass is 10.1. The zero-order valence-corrected chi connectivity index (χ0v) is 11.3. The molecule has 0 fully saturated rings. The molecule has 1 aromatic rings. The highest BCUT2D eigenvalue weighted by molar-refractivity contribution is 9.09. The minimum Gasteiger partial charge on any atom is -0.428 e. The molecule has 0 amide bonds. The van der Waals surface area contributed by atoms with Gasteiger partial charge in [-0.2, -0.15) is 17.6 Å². The Hall–Kier alpha value is -1.11. The van der Waals surface area contributed by atoms with Gasteiger partial charge < -0.3 is 4.74 Å². The number of ketones is 1. The molecular formula is C12H11BrF4O2. The Kier molecular flexibility index (Phi) is 5.78. The average Bonchev–Trinajstić information content (AvgIpc) is 2.36. The SMILES string of the molecule is O=C(CCCBr)c1ccccc1OC(F)(F)C(F)F. The molecule has 0 N–H and O–H groups in total. The van der Waals surface area contributed by atoms with Crippen LogP contribution in [0.2, 0.25) is 0 Å². The van der Waals surface area contributed by atoms with E-state index in [1.54, 1.807) is 0 Å². The molecule has 0 unspecified atom stereocenters. The summed E-state index contributed by atoms with van der Waals surface area (Å²) >= 11 is 3.13. The first kappa shape index (κ1) is 15.9. The molecule has 0 radical (unpaired) electrons. The van der Waals surface area contributed by atoms with Crippen LogP contribution in [0, 0.1) is 0 Å². The third-order valence-electron chi connectivity index (χ3n) is 2.23. The lowest BCUT2D eigenvalue weighted by Crippen LogP contribution is -2.34. The largest absolute Gasteiger partial charge is 0.461 e. The number of rotatable bonds is 7. The molecule has 0 aromatic heterocycles. The number of alkyl halides is 5. The van der Waals surface area contributed by atoms with Crippen molar-refractivity contribution >= 4 is 21.7 Å². The van der Waals surface area contributed by atoms with Crippen LogP contribution in [-0.4, -0.2) is 23.6 Å². The van der Waals surface area contributed by atoms with Gasteiger partial charge in [0.1, 0.15) is 5.75 Å². The maximum atomic E-state index is 12.8. The molecule has 19 heavy (non-hydrogen) atoms. The fourth-order valence-electron chi connectivity index (χ4n) is 1.34. The van der Waals surface area contributed by atoms with E-state index in [0.717, 1.165) is 6.07 Å². The van der Waals surface area contributed by atoms with Gasteiger partial charge in [-0.25, -0.2) is 0 Å². The maximum absolute atomic E-state index is 12.8. The van der Waals surface area contributed by atoms with Gasteiger partial charge in [-0.05, 0) is 18.6 Å². The Morgan fingerprint density at radius 1 is 1.32 bits per heavy atom. The van der Waals surface area contributed by atoms with Crippen LogP contribution in [0.3, 0.4) is 0 Å². The topological polar surface area (TPSA) is 26.3 Å². The summed E-state index contributed by atoms with van der Waals surface area (Å²) in [7, 11) is 0. The van der Waals surface area contributed by atoms with E-state index in [0.29, 0.717) is 11.8 Å². The molecule has 106 valence electrons. The normalized spacial score (nSPS) is 11.7. The number of hydrogen-bond donors (Lipinski definition) is 0. The number of para-hydroxylation sites is 1. The summed E-state index contributed by atoms with van der Waals surface area (Å²) in [6, 6.07) is 5.12. The van der Waals surface area contributed by atoms with E-state index in [1.165, 1.54) is 18.2 Å². The highest BCUT2D eigenvalue weighted by Gasteiger charge is 2.44. The predicted octanol–water partition coefficient (Wildman–Crippen LogP) is 4.28. The van der Waals surface area contributed by atoms with E-state index >= 15 is 0 Å². The van der Waals surface area contributed by atoms with E-state index in [1.807, 2.05) is 0 Å². The Labute approximate surface area is 115 Å². The van der Waals surface area contributed by atoms with Crippen LogP contribution < -0.4 is 4.74 Å². The van der Waals surface area contributed by atoms with Gasteiger partial charge in [0.15, 0.2) is 5.78 Å². The monoisotopic (exact) mass is 342 g/mol. The number of carbonyl (C=O) groups excluding carboxylic acids is 1. The second kappa shape index (κ2) is 6.88. The smallest absolute Gasteiger partial charge is 0.428 e. The van der Waals surface area contributed by atoms with Crippen LogP contribution >= 0.6 is 15.9 Å². The molecule has 0 aliphatic carbocycles. The van der Waals surface area contributed by atoms with Crippen molar-refractivity contribution in [1.82, 2.24) is 0 Å². The first-order chi connectivity index (χ1) is 8.88. The van der Waals surface area contributed by atoms with Crippen LogP contribution in [0.15, 0.2) is 24.3 Å². The molecule has 0 spiro atoms. The van der Waals surface area contributed by atoms with E-state index < -0.39 is 24.1 Å². The van der Waals surface area contributed by atoms with Crippen molar-refractivity contribution in [3.63, 3.8) is 0 Å². The number of halogens is 5. The zero-order chi connectivity index (χ0) is 14.5. The van der Waals surface area contributed by atoms with Gasteiger partial charge in [0.25, 0.3) is 0 Å². The fourth-order valence-corrected chi connectivity index (χ4v) is 1.62. The van der Waals surface area contributed by atoms with Gasteiger partial charge in [0.05, 0.1) is 5.56 Å². The van der Waals surface area contributed by atoms with Gasteiger partial charge in [-0.15, -0.1) is 0 Å². The Morgan fingerprint density at radius 3 is 2.53 bits per heavy atom. The van der Waals surface area contributed by atoms with Crippen LogP contribution in [0.5, 0.6) is 5.75 Å². The second-order valence-electron chi connectivity index (χ2n) is 3.68. The van der Waals surface area contributed by atoms with Crippen LogP contribution in [0.25, 0.3) is 0 Å². The highest BCUT2D eigenvalue weighted by atomic mass is 79.9. The highest BCUT2D eigenvalue weighted by Crippen LogP contribution is 2.30. The Morgan fingerprint density at radius 2 is 1.95 bits per heavy atom. The summed E-state index contributed by atoms with van der Waals surface area (Å²) in [5.74, 6) is -0.965. The zero-order valence-electron chi connectivity index (χ0n) is 9.71. The molecule has 2 nitrogen and oxygen atoms in total. The van der Waals surface area contributed by atoms with Crippen molar-refractivity contribution in [3.05, 3.63) is 29.8 Å². The van der Waals surface area contributed by atoms with Gasteiger partial charge >= 0.3 is 12.5 Å². The first-order valence-corrected chi connectivity index (χ1v) is 6.54. The molecule has 0 aliphatic rings. The average molecular weight is 343 g/mol. The van der Waals surface area contributed by atoms with Gasteiger partial charge in [0.2, 0.25) is 0 Å². The first-order valence-electron chi connectivity index (χ1n) is 5.41. The lowest BCUT2D eigenvalue weighted by Gasteiger charge is -2.18. The second-order valence-corrected chi connectivity index (χ2v) is 4.47. The number of hydrogen-bond acceptors (Lipinski definition) is 2. The summed E-state index contributed by atoms with van der Waals surface area (Å²) in [6.07, 6.45) is -7.95. The fraction of sp³-hybridized carbons (Fsp3) is 0.417. The third kappa shape index (κ3) is 4.49. The van der Waals surface area contributed by atoms with E-state index in [2.05, 4.69) is 20.7 Å². The van der Waals surface area contributed by atoms with Crippen LogP contribution in [0.4, 0.5) is 17.6 Å². The van der Waals surface area contributed by atoms with Crippen LogP contribution in [0.1, 0.15) is 23.2 Å². The molecule has 0 heterocycles. The van der Waals surface area contributed by atoms with Crippen molar-refractivity contribution in [2.45, 2.75) is 25.4 Å². The van der Waals surface area contributed by atoms with Crippen molar-refractivity contribution < 1.29 is 27.1 Å². The minimum atomic E-state index is -4.62. The Balaban J connectivity index is 2.93. The van der Waals surface area contributed by atoms with E-state index in [4.69, 9.17) is 0 Å².